The van der Waals surface area contributed by atoms with Gasteiger partial charge in [0, 0.05) is 0 Å². The number of nitrogens with one attached hydrogen (secondary N) is 2. The number of aromatic nitrogens is 15. The van der Waals surface area contributed by atoms with Crippen LogP contribution in [0.3, 0.4) is 0 Å². The van der Waals surface area contributed by atoms with Crippen LogP contribution in [0.1, 0.15) is 67.1 Å². The Morgan fingerprint density at radius 2 is 1.17 bits per heavy atom. The minimum absolute atomic E-state index is 0. The molecular weight excluding hydrogens is 534 g/mol. The first-order chi connectivity index (χ1) is 19.0. The van der Waals surface area contributed by atoms with E-state index in [1.54, 1.807) is 14.0 Å². The summed E-state index contributed by atoms with van der Waals surface area (Å²) >= 11 is 0. The Morgan fingerprint density at radius 1 is 0.683 bits per heavy atom. The highest BCUT2D eigenvalue weighted by Gasteiger charge is 2.13. The zero-order valence-corrected chi connectivity index (χ0v) is 22.7. The van der Waals surface area contributed by atoms with E-state index in [0.29, 0.717) is 28.3 Å². The lowest BCUT2D eigenvalue weighted by Crippen LogP contribution is -2.12. The van der Waals surface area contributed by atoms with Gasteiger partial charge in [-0.2, -0.15) is 4.98 Å². The third-order valence-corrected chi connectivity index (χ3v) is 5.38. The SMILES string of the molecule is C.CC(C)n1nnc2c(=O)[nH]c(N)nc21.CC(C)n1nnc2c(=O)[nH]cnc21.CC(C)n1nnc2c(N)ncnc21. The number of hydrogen-bond acceptors (Lipinski definition) is 14. The average Bonchev–Trinajstić information content (AvgIpc) is 3.62. The average molecular weight is 568 g/mol. The third-order valence-electron chi connectivity index (χ3n) is 5.38. The van der Waals surface area contributed by atoms with E-state index < -0.39 is 0 Å². The molecule has 0 aromatic carbocycles. The van der Waals surface area contributed by atoms with Crippen LogP contribution in [0.25, 0.3) is 33.5 Å². The van der Waals surface area contributed by atoms with Crippen LogP contribution in [-0.4, -0.2) is 74.9 Å². The first kappa shape index (κ1) is 30.2. The Balaban J connectivity index is 0.000000167. The Labute approximate surface area is 232 Å². The predicted octanol–water partition coefficient (Wildman–Crippen LogP) is 0.794. The van der Waals surface area contributed by atoms with E-state index in [1.165, 1.54) is 12.7 Å². The van der Waals surface area contributed by atoms with Gasteiger partial charge in [0.15, 0.2) is 39.3 Å². The smallest absolute Gasteiger partial charge is 0.282 e. The maximum absolute atomic E-state index is 11.3. The number of nitrogen functional groups attached to an aromatic ring is 2. The third kappa shape index (κ3) is 6.12. The van der Waals surface area contributed by atoms with Crippen molar-refractivity contribution in [2.24, 2.45) is 0 Å². The van der Waals surface area contributed by atoms with Crippen LogP contribution in [0.4, 0.5) is 11.8 Å². The van der Waals surface area contributed by atoms with Gasteiger partial charge in [0.05, 0.1) is 24.5 Å². The summed E-state index contributed by atoms with van der Waals surface area (Å²) in [4.78, 5) is 43.2. The summed E-state index contributed by atoms with van der Waals surface area (Å²) in [5.74, 6) is 0.448. The van der Waals surface area contributed by atoms with Crippen LogP contribution >= 0.6 is 0 Å². The van der Waals surface area contributed by atoms with Crippen LogP contribution in [0.5, 0.6) is 0 Å². The Hall–Kier alpha value is -5.36. The van der Waals surface area contributed by atoms with E-state index >= 15 is 0 Å². The normalized spacial score (nSPS) is 11.0. The fourth-order valence-electron chi connectivity index (χ4n) is 3.46. The van der Waals surface area contributed by atoms with Crippen LogP contribution in [0, 0.1) is 0 Å². The molecule has 0 amide bonds. The lowest BCUT2D eigenvalue weighted by molar-refractivity contribution is 0.526. The molecule has 6 heterocycles. The summed E-state index contributed by atoms with van der Waals surface area (Å²) in [6.45, 7) is 11.8. The summed E-state index contributed by atoms with van der Waals surface area (Å²) < 4.78 is 4.89. The number of aromatic amines is 2. The number of fused-ring (bicyclic) bond motifs is 3. The van der Waals surface area contributed by atoms with E-state index in [-0.39, 0.29) is 53.7 Å². The molecule has 0 fully saturated rings. The standard InChI is InChI=1S/C7H10N6O.C7H10N6.C7H9N5O.CH4/c1-3(2)13-5-4(11-12-13)6(14)10-7(8)9-5;1-4(2)13-7-5(11-12-13)6(8)9-3-10-7;1-4(2)12-6-5(10-11-12)7(13)9-3-8-6;/h3H,1-2H3,(H3,8,9,10,14);3-4H,1-2H3,(H2,8,9,10);3-4H,1-2H3,(H,8,9,13);1H4. The number of rotatable bonds is 3. The van der Waals surface area contributed by atoms with Crippen molar-refractivity contribution in [1.29, 1.82) is 0 Å². The number of nitrogens with two attached hydrogens (primary N) is 2. The lowest BCUT2D eigenvalue weighted by Gasteiger charge is -2.03. The van der Waals surface area contributed by atoms with Gasteiger partial charge in [0.2, 0.25) is 5.95 Å². The molecule has 41 heavy (non-hydrogen) atoms. The molecule has 218 valence electrons. The van der Waals surface area contributed by atoms with Crippen molar-refractivity contribution < 1.29 is 0 Å². The Kier molecular flexibility index (Phi) is 9.00. The van der Waals surface area contributed by atoms with Gasteiger partial charge < -0.3 is 16.5 Å². The van der Waals surface area contributed by atoms with Gasteiger partial charge in [-0.3, -0.25) is 14.6 Å². The maximum Gasteiger partial charge on any atom is 0.282 e. The second-order valence-electron chi connectivity index (χ2n) is 9.34. The molecule has 6 N–H and O–H groups in total. The van der Waals surface area contributed by atoms with Gasteiger partial charge in [-0.05, 0) is 41.5 Å². The van der Waals surface area contributed by atoms with Crippen molar-refractivity contribution >= 4 is 45.3 Å². The van der Waals surface area contributed by atoms with Crippen LogP contribution < -0.4 is 22.6 Å². The van der Waals surface area contributed by atoms with Crippen molar-refractivity contribution in [1.82, 2.24) is 74.9 Å². The highest BCUT2D eigenvalue weighted by molar-refractivity contribution is 5.80. The van der Waals surface area contributed by atoms with Gasteiger partial charge in [-0.1, -0.05) is 23.1 Å². The minimum Gasteiger partial charge on any atom is -0.382 e. The van der Waals surface area contributed by atoms with Crippen LogP contribution in [0.15, 0.2) is 22.2 Å². The first-order valence-electron chi connectivity index (χ1n) is 12.2. The van der Waals surface area contributed by atoms with Crippen molar-refractivity contribution in [3.8, 4) is 0 Å². The largest absolute Gasteiger partial charge is 0.382 e. The molecule has 0 saturated heterocycles. The highest BCUT2D eigenvalue weighted by Crippen LogP contribution is 2.15. The molecule has 0 bridgehead atoms. The molecule has 0 atom stereocenters. The lowest BCUT2D eigenvalue weighted by atomic mass is 10.4. The van der Waals surface area contributed by atoms with Crippen molar-refractivity contribution in [3.05, 3.63) is 33.4 Å². The summed E-state index contributed by atoms with van der Waals surface area (Å²) in [5.41, 5.74) is 13.1. The van der Waals surface area contributed by atoms with Crippen molar-refractivity contribution in [3.63, 3.8) is 0 Å². The summed E-state index contributed by atoms with van der Waals surface area (Å²) in [5, 5.41) is 23.0. The van der Waals surface area contributed by atoms with E-state index in [4.69, 9.17) is 11.5 Å². The van der Waals surface area contributed by atoms with E-state index in [0.717, 1.165) is 0 Å². The Bertz CT molecular complexity index is 1870. The fraction of sp³-hybridized carbons (Fsp3) is 0.455. The molecule has 6 aromatic heterocycles. The fourth-order valence-corrected chi connectivity index (χ4v) is 3.46. The van der Waals surface area contributed by atoms with Gasteiger partial charge >= 0.3 is 0 Å². The van der Waals surface area contributed by atoms with E-state index in [1.807, 2.05) is 41.5 Å². The summed E-state index contributed by atoms with van der Waals surface area (Å²) in [7, 11) is 0. The van der Waals surface area contributed by atoms with Gasteiger partial charge in [0.25, 0.3) is 11.1 Å². The molecule has 0 saturated carbocycles. The summed E-state index contributed by atoms with van der Waals surface area (Å²) in [6, 6.07) is 0.465. The van der Waals surface area contributed by atoms with Crippen molar-refractivity contribution in [2.75, 3.05) is 11.5 Å². The quantitative estimate of drug-likeness (QED) is 0.230. The molecule has 0 aliphatic carbocycles. The van der Waals surface area contributed by atoms with E-state index in [2.05, 4.69) is 60.8 Å². The van der Waals surface area contributed by atoms with Gasteiger partial charge in [-0.25, -0.2) is 29.0 Å². The van der Waals surface area contributed by atoms with E-state index in [9.17, 15) is 9.59 Å². The second kappa shape index (κ2) is 12.2. The van der Waals surface area contributed by atoms with Crippen LogP contribution in [0.2, 0.25) is 0 Å². The second-order valence-corrected chi connectivity index (χ2v) is 9.34. The Morgan fingerprint density at radius 3 is 1.73 bits per heavy atom. The zero-order valence-electron chi connectivity index (χ0n) is 22.7. The van der Waals surface area contributed by atoms with Crippen molar-refractivity contribution in [2.45, 2.75) is 67.1 Å². The molecule has 0 aliphatic heterocycles. The minimum atomic E-state index is -0.362. The molecule has 0 radical (unpaired) electrons. The molecule has 19 heteroatoms. The van der Waals surface area contributed by atoms with Crippen LogP contribution in [-0.2, 0) is 0 Å². The first-order valence-corrected chi connectivity index (χ1v) is 12.2. The molecule has 0 spiro atoms. The van der Waals surface area contributed by atoms with Gasteiger partial charge in [-0.15, -0.1) is 15.3 Å². The number of anilines is 2. The summed E-state index contributed by atoms with van der Waals surface area (Å²) in [6.07, 6.45) is 2.77. The molecule has 0 unspecified atom stereocenters. The zero-order chi connectivity index (χ0) is 29.1. The topological polar surface area (TPSA) is 261 Å². The maximum atomic E-state index is 11.3. The predicted molar refractivity (Wildman–Crippen MR) is 152 cm³/mol. The molecule has 19 nitrogen and oxygen atoms in total. The number of hydrogen-bond donors (Lipinski definition) is 4. The highest BCUT2D eigenvalue weighted by atomic mass is 16.1. The van der Waals surface area contributed by atoms with Gasteiger partial charge in [0.1, 0.15) is 6.33 Å². The molecule has 6 rings (SSSR count). The number of nitrogens with zero attached hydrogens (tertiary/aromatic N) is 13. The molecule has 0 aliphatic rings. The number of H-pyrrole nitrogens is 2. The monoisotopic (exact) mass is 567 g/mol. The molecular formula is C22H33N17O2. The molecule has 6 aromatic rings.